The van der Waals surface area contributed by atoms with E-state index in [-0.39, 0.29) is 5.54 Å². The molecule has 2 nitrogen and oxygen atoms in total. The Kier molecular flexibility index (Phi) is 1.65. The van der Waals surface area contributed by atoms with E-state index in [9.17, 15) is 0 Å². The molecule has 0 amide bonds. The zero-order valence-electron chi connectivity index (χ0n) is 7.38. The summed E-state index contributed by atoms with van der Waals surface area (Å²) < 4.78 is 0. The molecule has 0 aromatic carbocycles. The number of rotatable bonds is 0. The molecule has 0 fully saturated rings. The number of aromatic nitrogens is 1. The molecule has 0 aliphatic heterocycles. The average molecular weight is 162 g/mol. The molecule has 0 radical (unpaired) electrons. The molecule has 0 bridgehead atoms. The molecule has 64 valence electrons. The van der Waals surface area contributed by atoms with Crippen molar-refractivity contribution >= 4 is 0 Å². The molecule has 1 unspecified atom stereocenters. The van der Waals surface area contributed by atoms with Crippen LogP contribution in [0.3, 0.4) is 0 Å². The zero-order valence-corrected chi connectivity index (χ0v) is 7.38. The predicted octanol–water partition coefficient (Wildman–Crippen LogP) is 1.59. The fourth-order valence-corrected chi connectivity index (χ4v) is 1.92. The Hall–Kier alpha value is -0.890. The Morgan fingerprint density at radius 1 is 1.58 bits per heavy atom. The monoisotopic (exact) mass is 162 g/mol. The van der Waals surface area contributed by atoms with Crippen molar-refractivity contribution in [3.05, 3.63) is 29.6 Å². The summed E-state index contributed by atoms with van der Waals surface area (Å²) in [6, 6.07) is 4.12. The van der Waals surface area contributed by atoms with Gasteiger partial charge in [-0.3, -0.25) is 4.98 Å². The zero-order chi connectivity index (χ0) is 8.60. The summed E-state index contributed by atoms with van der Waals surface area (Å²) in [5.41, 5.74) is 8.35. The Bertz CT molecular complexity index is 292. The van der Waals surface area contributed by atoms with Gasteiger partial charge in [0, 0.05) is 6.20 Å². The van der Waals surface area contributed by atoms with E-state index in [1.165, 1.54) is 12.0 Å². The maximum Gasteiger partial charge on any atom is 0.0631 e. The van der Waals surface area contributed by atoms with Crippen molar-refractivity contribution in [2.75, 3.05) is 0 Å². The first-order chi connectivity index (χ1) is 5.70. The molecule has 1 atom stereocenters. The van der Waals surface area contributed by atoms with Crippen LogP contribution in [-0.2, 0) is 12.0 Å². The van der Waals surface area contributed by atoms with Crippen LogP contribution in [0.4, 0.5) is 0 Å². The van der Waals surface area contributed by atoms with Crippen LogP contribution in [-0.4, -0.2) is 4.98 Å². The van der Waals surface area contributed by atoms with Gasteiger partial charge in [0.15, 0.2) is 0 Å². The Morgan fingerprint density at radius 3 is 3.17 bits per heavy atom. The summed E-state index contributed by atoms with van der Waals surface area (Å²) in [5.74, 6) is 0. The Labute approximate surface area is 72.8 Å². The van der Waals surface area contributed by atoms with E-state index < -0.39 is 0 Å². The van der Waals surface area contributed by atoms with Crippen molar-refractivity contribution in [1.82, 2.24) is 4.98 Å². The van der Waals surface area contributed by atoms with Crippen LogP contribution in [0, 0.1) is 0 Å². The maximum atomic E-state index is 6.13. The lowest BCUT2D eigenvalue weighted by molar-refractivity contribution is 0.396. The van der Waals surface area contributed by atoms with E-state index in [4.69, 9.17) is 5.73 Å². The normalized spacial score (nSPS) is 28.2. The second kappa shape index (κ2) is 2.56. The predicted molar refractivity (Wildman–Crippen MR) is 48.7 cm³/mol. The largest absolute Gasteiger partial charge is 0.320 e. The van der Waals surface area contributed by atoms with E-state index in [1.54, 1.807) is 0 Å². The molecule has 2 heteroatoms. The SMILES string of the molecule is CC1(N)CCCc2cccnc21. The van der Waals surface area contributed by atoms with Crippen LogP contribution < -0.4 is 5.73 Å². The second-order valence-electron chi connectivity index (χ2n) is 3.78. The number of nitrogens with zero attached hydrogens (tertiary/aromatic N) is 1. The number of nitrogens with two attached hydrogens (primary N) is 1. The number of hydrogen-bond donors (Lipinski definition) is 1. The van der Waals surface area contributed by atoms with Crippen molar-refractivity contribution in [2.24, 2.45) is 5.73 Å². The van der Waals surface area contributed by atoms with Crippen LogP contribution >= 0.6 is 0 Å². The van der Waals surface area contributed by atoms with Crippen LogP contribution in [0.5, 0.6) is 0 Å². The molecule has 0 saturated carbocycles. The highest BCUT2D eigenvalue weighted by Crippen LogP contribution is 2.30. The van der Waals surface area contributed by atoms with Crippen LogP contribution in [0.25, 0.3) is 0 Å². The number of pyridine rings is 1. The lowest BCUT2D eigenvalue weighted by atomic mass is 9.82. The smallest absolute Gasteiger partial charge is 0.0631 e. The Morgan fingerprint density at radius 2 is 2.42 bits per heavy atom. The van der Waals surface area contributed by atoms with Crippen molar-refractivity contribution < 1.29 is 0 Å². The number of aryl methyl sites for hydroxylation is 1. The maximum absolute atomic E-state index is 6.13. The topological polar surface area (TPSA) is 38.9 Å². The summed E-state index contributed by atoms with van der Waals surface area (Å²) in [4.78, 5) is 4.35. The lowest BCUT2D eigenvalue weighted by Gasteiger charge is -2.30. The van der Waals surface area contributed by atoms with Gasteiger partial charge in [0.1, 0.15) is 0 Å². The molecule has 1 aromatic rings. The number of fused-ring (bicyclic) bond motifs is 1. The highest BCUT2D eigenvalue weighted by molar-refractivity contribution is 5.28. The molecule has 1 aliphatic rings. The van der Waals surface area contributed by atoms with E-state index in [0.29, 0.717) is 0 Å². The summed E-state index contributed by atoms with van der Waals surface area (Å²) in [6.07, 6.45) is 5.20. The summed E-state index contributed by atoms with van der Waals surface area (Å²) in [5, 5.41) is 0. The third-order valence-electron chi connectivity index (χ3n) is 2.57. The molecule has 12 heavy (non-hydrogen) atoms. The van der Waals surface area contributed by atoms with E-state index >= 15 is 0 Å². The summed E-state index contributed by atoms with van der Waals surface area (Å²) in [6.45, 7) is 2.07. The van der Waals surface area contributed by atoms with Crippen LogP contribution in [0.1, 0.15) is 31.0 Å². The average Bonchev–Trinajstić information content (AvgIpc) is 2.04. The van der Waals surface area contributed by atoms with Gasteiger partial charge >= 0.3 is 0 Å². The van der Waals surface area contributed by atoms with Crippen LogP contribution in [0.15, 0.2) is 18.3 Å². The van der Waals surface area contributed by atoms with Gasteiger partial charge in [-0.1, -0.05) is 6.07 Å². The van der Waals surface area contributed by atoms with Gasteiger partial charge < -0.3 is 5.73 Å². The Balaban J connectivity index is 2.52. The minimum Gasteiger partial charge on any atom is -0.320 e. The first-order valence-electron chi connectivity index (χ1n) is 4.43. The van der Waals surface area contributed by atoms with E-state index in [0.717, 1.165) is 18.5 Å². The van der Waals surface area contributed by atoms with Crippen molar-refractivity contribution in [3.63, 3.8) is 0 Å². The molecular formula is C10H14N2. The molecule has 0 spiro atoms. The third kappa shape index (κ3) is 1.12. The van der Waals surface area contributed by atoms with E-state index in [2.05, 4.69) is 18.0 Å². The van der Waals surface area contributed by atoms with Gasteiger partial charge in [-0.05, 0) is 37.8 Å². The van der Waals surface area contributed by atoms with Gasteiger partial charge in [-0.2, -0.15) is 0 Å². The minimum absolute atomic E-state index is 0.200. The lowest BCUT2D eigenvalue weighted by Crippen LogP contribution is -2.37. The standard InChI is InChI=1S/C10H14N2/c1-10(11)6-2-4-8-5-3-7-12-9(8)10/h3,5,7H,2,4,6,11H2,1H3. The molecule has 2 rings (SSSR count). The molecule has 1 aliphatic carbocycles. The van der Waals surface area contributed by atoms with Gasteiger partial charge in [0.05, 0.1) is 11.2 Å². The fraction of sp³-hybridized carbons (Fsp3) is 0.500. The van der Waals surface area contributed by atoms with Crippen LogP contribution in [0.2, 0.25) is 0 Å². The van der Waals surface area contributed by atoms with Crippen molar-refractivity contribution in [1.29, 1.82) is 0 Å². The highest BCUT2D eigenvalue weighted by Gasteiger charge is 2.28. The minimum atomic E-state index is -0.200. The molecule has 1 aromatic heterocycles. The van der Waals surface area contributed by atoms with Gasteiger partial charge in [0.25, 0.3) is 0 Å². The molecule has 1 heterocycles. The van der Waals surface area contributed by atoms with Gasteiger partial charge in [-0.15, -0.1) is 0 Å². The second-order valence-corrected chi connectivity index (χ2v) is 3.78. The van der Waals surface area contributed by atoms with Gasteiger partial charge in [-0.25, -0.2) is 0 Å². The van der Waals surface area contributed by atoms with Crippen molar-refractivity contribution in [2.45, 2.75) is 31.7 Å². The highest BCUT2D eigenvalue weighted by atomic mass is 14.8. The quantitative estimate of drug-likeness (QED) is 0.629. The first-order valence-corrected chi connectivity index (χ1v) is 4.43. The first kappa shape index (κ1) is 7.74. The summed E-state index contributed by atoms with van der Waals surface area (Å²) in [7, 11) is 0. The van der Waals surface area contributed by atoms with E-state index in [1.807, 2.05) is 12.3 Å². The molecular weight excluding hydrogens is 148 g/mol. The molecule has 2 N–H and O–H groups in total. The number of hydrogen-bond acceptors (Lipinski definition) is 2. The summed E-state index contributed by atoms with van der Waals surface area (Å²) >= 11 is 0. The third-order valence-corrected chi connectivity index (χ3v) is 2.57. The van der Waals surface area contributed by atoms with Crippen molar-refractivity contribution in [3.8, 4) is 0 Å². The molecule has 0 saturated heterocycles. The van der Waals surface area contributed by atoms with Gasteiger partial charge in [0.2, 0.25) is 0 Å². The fourth-order valence-electron chi connectivity index (χ4n) is 1.92.